The highest BCUT2D eigenvalue weighted by Crippen LogP contribution is 2.30. The summed E-state index contributed by atoms with van der Waals surface area (Å²) in [7, 11) is 0. The zero-order chi connectivity index (χ0) is 13.1. The number of aliphatic imine (C=N–C) groups is 1. The van der Waals surface area contributed by atoms with Gasteiger partial charge in [0.05, 0.1) is 24.5 Å². The second-order valence-corrected chi connectivity index (χ2v) is 4.47. The Morgan fingerprint density at radius 2 is 1.79 bits per heavy atom. The molecule has 0 amide bonds. The molecule has 19 heavy (non-hydrogen) atoms. The molecule has 2 aromatic rings. The van der Waals surface area contributed by atoms with Crippen LogP contribution in [0.4, 0.5) is 11.4 Å². The minimum absolute atomic E-state index is 0.130. The Labute approximate surface area is 112 Å². The fourth-order valence-corrected chi connectivity index (χ4v) is 2.22. The first-order valence-electron chi connectivity index (χ1n) is 6.29. The Morgan fingerprint density at radius 1 is 1.05 bits per heavy atom. The van der Waals surface area contributed by atoms with Crippen LogP contribution >= 0.6 is 0 Å². The lowest BCUT2D eigenvalue weighted by Gasteiger charge is -2.26. The highest BCUT2D eigenvalue weighted by Gasteiger charge is 2.17. The van der Waals surface area contributed by atoms with Gasteiger partial charge in [0.1, 0.15) is 0 Å². The second-order valence-electron chi connectivity index (χ2n) is 4.47. The molecule has 94 valence electrons. The summed E-state index contributed by atoms with van der Waals surface area (Å²) in [6.07, 6.45) is 1.85. The summed E-state index contributed by atoms with van der Waals surface area (Å²) in [4.78, 5) is 18.6. The van der Waals surface area contributed by atoms with E-state index < -0.39 is 0 Å². The largest absolute Gasteiger partial charge is 0.357 e. The molecule has 3 rings (SSSR count). The quantitative estimate of drug-likeness (QED) is 0.784. The van der Waals surface area contributed by atoms with Gasteiger partial charge >= 0.3 is 0 Å². The number of para-hydroxylation sites is 2. The predicted octanol–water partition coefficient (Wildman–Crippen LogP) is 3.09. The third kappa shape index (κ3) is 2.40. The van der Waals surface area contributed by atoms with Crippen molar-refractivity contribution in [2.45, 2.75) is 0 Å². The standard InChI is InChI=1S/C16H14N2O/c19-16(13-6-2-1-3-7-13)12-18-11-10-17-14-8-4-5-9-15(14)18/h1-10H,11-12H2. The van der Waals surface area contributed by atoms with Crippen LogP contribution in [0.15, 0.2) is 59.6 Å². The van der Waals surface area contributed by atoms with E-state index in [4.69, 9.17) is 0 Å². The van der Waals surface area contributed by atoms with E-state index in [-0.39, 0.29) is 5.78 Å². The molecule has 1 heterocycles. The number of hydrogen-bond donors (Lipinski definition) is 0. The van der Waals surface area contributed by atoms with E-state index in [1.54, 1.807) is 0 Å². The average molecular weight is 250 g/mol. The number of rotatable bonds is 3. The van der Waals surface area contributed by atoms with Crippen LogP contribution < -0.4 is 4.90 Å². The number of ketones is 1. The third-order valence-corrected chi connectivity index (χ3v) is 3.19. The van der Waals surface area contributed by atoms with Gasteiger partial charge in [-0.1, -0.05) is 42.5 Å². The Morgan fingerprint density at radius 3 is 2.63 bits per heavy atom. The maximum atomic E-state index is 12.2. The molecule has 0 aromatic heterocycles. The summed E-state index contributed by atoms with van der Waals surface area (Å²) >= 11 is 0. The number of fused-ring (bicyclic) bond motifs is 1. The molecule has 0 spiro atoms. The molecule has 2 aromatic carbocycles. The first-order valence-corrected chi connectivity index (χ1v) is 6.29. The average Bonchev–Trinajstić information content (AvgIpc) is 2.48. The van der Waals surface area contributed by atoms with Crippen molar-refractivity contribution in [3.63, 3.8) is 0 Å². The van der Waals surface area contributed by atoms with Crippen molar-refractivity contribution < 1.29 is 4.79 Å². The van der Waals surface area contributed by atoms with Crippen molar-refractivity contribution in [2.75, 3.05) is 18.0 Å². The molecule has 0 radical (unpaired) electrons. The van der Waals surface area contributed by atoms with Crippen LogP contribution in [0.2, 0.25) is 0 Å². The van der Waals surface area contributed by atoms with Gasteiger partial charge in [0, 0.05) is 11.8 Å². The normalized spacial score (nSPS) is 13.2. The molecule has 0 N–H and O–H groups in total. The van der Waals surface area contributed by atoms with Crippen molar-refractivity contribution in [3.05, 3.63) is 60.2 Å². The zero-order valence-corrected chi connectivity index (χ0v) is 10.5. The topological polar surface area (TPSA) is 32.7 Å². The van der Waals surface area contributed by atoms with Gasteiger partial charge in [0.25, 0.3) is 0 Å². The number of benzene rings is 2. The Balaban J connectivity index is 1.82. The van der Waals surface area contributed by atoms with Crippen LogP contribution in [-0.4, -0.2) is 25.1 Å². The van der Waals surface area contributed by atoms with Gasteiger partial charge in [-0.15, -0.1) is 0 Å². The second kappa shape index (κ2) is 5.06. The number of carbonyl (C=O) groups excluding carboxylic acids is 1. The van der Waals surface area contributed by atoms with E-state index in [0.29, 0.717) is 13.1 Å². The molecule has 3 heteroatoms. The number of hydrogen-bond acceptors (Lipinski definition) is 3. The van der Waals surface area contributed by atoms with Crippen molar-refractivity contribution >= 4 is 23.4 Å². The number of Topliss-reactive ketones (excluding diaryl/α,β-unsaturated/α-hetero) is 1. The van der Waals surface area contributed by atoms with Gasteiger partial charge < -0.3 is 4.90 Å². The molecule has 0 saturated heterocycles. The van der Waals surface area contributed by atoms with Gasteiger partial charge in [-0.3, -0.25) is 9.79 Å². The summed E-state index contributed by atoms with van der Waals surface area (Å²) in [6.45, 7) is 1.06. The summed E-state index contributed by atoms with van der Waals surface area (Å²) in [5.41, 5.74) is 2.70. The molecule has 0 bridgehead atoms. The van der Waals surface area contributed by atoms with Crippen LogP contribution in [0.3, 0.4) is 0 Å². The highest BCUT2D eigenvalue weighted by molar-refractivity contribution is 6.00. The van der Waals surface area contributed by atoms with E-state index in [2.05, 4.69) is 9.89 Å². The van der Waals surface area contributed by atoms with Crippen LogP contribution in [0.25, 0.3) is 0 Å². The van der Waals surface area contributed by atoms with E-state index in [1.165, 1.54) is 0 Å². The SMILES string of the molecule is O=C(CN1CC=Nc2ccccc21)c1ccccc1. The molecular weight excluding hydrogens is 236 g/mol. The van der Waals surface area contributed by atoms with Crippen LogP contribution in [0.1, 0.15) is 10.4 Å². The summed E-state index contributed by atoms with van der Waals surface area (Å²) < 4.78 is 0. The molecule has 0 unspecified atom stereocenters. The van der Waals surface area contributed by atoms with E-state index in [0.717, 1.165) is 16.9 Å². The third-order valence-electron chi connectivity index (χ3n) is 3.19. The minimum Gasteiger partial charge on any atom is -0.357 e. The summed E-state index contributed by atoms with van der Waals surface area (Å²) in [5.74, 6) is 0.130. The van der Waals surface area contributed by atoms with Gasteiger partial charge in [0.2, 0.25) is 0 Å². The molecule has 3 nitrogen and oxygen atoms in total. The molecule has 0 saturated carbocycles. The van der Waals surface area contributed by atoms with Crippen LogP contribution in [-0.2, 0) is 0 Å². The number of nitrogens with zero attached hydrogens (tertiary/aromatic N) is 2. The number of carbonyl (C=O) groups is 1. The molecule has 1 aliphatic heterocycles. The van der Waals surface area contributed by atoms with Crippen molar-refractivity contribution in [3.8, 4) is 0 Å². The lowest BCUT2D eigenvalue weighted by atomic mass is 10.1. The summed E-state index contributed by atoms with van der Waals surface area (Å²) in [5, 5.41) is 0. The van der Waals surface area contributed by atoms with Crippen LogP contribution in [0, 0.1) is 0 Å². The first kappa shape index (κ1) is 11.7. The van der Waals surface area contributed by atoms with Gasteiger partial charge in [0.15, 0.2) is 5.78 Å². The first-order chi connectivity index (χ1) is 9.34. The van der Waals surface area contributed by atoms with Crippen molar-refractivity contribution in [1.29, 1.82) is 0 Å². The Hall–Kier alpha value is -2.42. The minimum atomic E-state index is 0.130. The van der Waals surface area contributed by atoms with E-state index >= 15 is 0 Å². The van der Waals surface area contributed by atoms with E-state index in [9.17, 15) is 4.79 Å². The molecule has 1 aliphatic rings. The smallest absolute Gasteiger partial charge is 0.182 e. The van der Waals surface area contributed by atoms with Gasteiger partial charge in [-0.2, -0.15) is 0 Å². The lowest BCUT2D eigenvalue weighted by Crippen LogP contribution is -2.32. The fraction of sp³-hybridized carbons (Fsp3) is 0.125. The van der Waals surface area contributed by atoms with E-state index in [1.807, 2.05) is 60.8 Å². The monoisotopic (exact) mass is 250 g/mol. The van der Waals surface area contributed by atoms with Gasteiger partial charge in [-0.05, 0) is 12.1 Å². The maximum absolute atomic E-state index is 12.2. The van der Waals surface area contributed by atoms with Crippen LogP contribution in [0.5, 0.6) is 0 Å². The fourth-order valence-electron chi connectivity index (χ4n) is 2.22. The predicted molar refractivity (Wildman–Crippen MR) is 77.6 cm³/mol. The Bertz CT molecular complexity index is 620. The molecule has 0 aliphatic carbocycles. The zero-order valence-electron chi connectivity index (χ0n) is 10.5. The molecule has 0 atom stereocenters. The highest BCUT2D eigenvalue weighted by atomic mass is 16.1. The maximum Gasteiger partial charge on any atom is 0.182 e. The number of anilines is 1. The van der Waals surface area contributed by atoms with Gasteiger partial charge in [-0.25, -0.2) is 0 Å². The lowest BCUT2D eigenvalue weighted by molar-refractivity contribution is 0.1000. The summed E-state index contributed by atoms with van der Waals surface area (Å²) in [6, 6.07) is 17.3. The van der Waals surface area contributed by atoms with Crippen molar-refractivity contribution in [2.24, 2.45) is 4.99 Å². The Kier molecular flexibility index (Phi) is 3.11. The van der Waals surface area contributed by atoms with Crippen molar-refractivity contribution in [1.82, 2.24) is 0 Å². The molecular formula is C16H14N2O. The molecule has 0 fully saturated rings.